The number of benzene rings is 4. The lowest BCUT2D eigenvalue weighted by molar-refractivity contribution is -0.151. The van der Waals surface area contributed by atoms with E-state index in [4.69, 9.17) is 27.9 Å². The van der Waals surface area contributed by atoms with E-state index in [1.165, 1.54) is 27.9 Å². The van der Waals surface area contributed by atoms with Gasteiger partial charge in [-0.3, -0.25) is 19.2 Å². The second kappa shape index (κ2) is 21.5. The third kappa shape index (κ3) is 11.8. The van der Waals surface area contributed by atoms with Gasteiger partial charge in [-0.2, -0.15) is 0 Å². The van der Waals surface area contributed by atoms with E-state index in [0.29, 0.717) is 49.1 Å². The summed E-state index contributed by atoms with van der Waals surface area (Å²) in [6.45, 7) is 4.07. The Morgan fingerprint density at radius 3 is 1.59 bits per heavy atom. The van der Waals surface area contributed by atoms with E-state index < -0.39 is 11.9 Å². The van der Waals surface area contributed by atoms with Crippen LogP contribution in [-0.4, -0.2) is 80.6 Å². The molecule has 2 amide bonds. The van der Waals surface area contributed by atoms with Crippen LogP contribution in [0.2, 0.25) is 10.0 Å². The summed E-state index contributed by atoms with van der Waals surface area (Å²) in [5.41, 5.74) is 4.06. The molecule has 0 saturated carbocycles. The quantitative estimate of drug-likeness (QED) is 0.101. The summed E-state index contributed by atoms with van der Waals surface area (Å²) in [7, 11) is 4.06. The van der Waals surface area contributed by atoms with Gasteiger partial charge in [0.2, 0.25) is 11.8 Å². The number of aliphatic carboxylic acids is 1. The lowest BCUT2D eigenvalue weighted by Gasteiger charge is -2.30. The summed E-state index contributed by atoms with van der Waals surface area (Å²) in [6, 6.07) is 28.4. The van der Waals surface area contributed by atoms with E-state index in [1.54, 1.807) is 58.5 Å². The Kier molecular flexibility index (Phi) is 15.7. The zero-order valence-corrected chi connectivity index (χ0v) is 39.1. The topological polar surface area (TPSA) is 114 Å². The number of fused-ring (bicyclic) bond motifs is 2. The molecule has 2 aliphatic heterocycles. The Labute approximate surface area is 391 Å². The van der Waals surface area contributed by atoms with Crippen LogP contribution in [0.5, 0.6) is 0 Å². The number of carbonyl (C=O) groups excluding carboxylic acids is 3. The van der Waals surface area contributed by atoms with Gasteiger partial charge in [-0.15, -0.1) is 0 Å². The van der Waals surface area contributed by atoms with Crippen LogP contribution < -0.4 is 0 Å². The molecular weight excluding hydrogens is 888 g/mol. The van der Waals surface area contributed by atoms with E-state index in [2.05, 4.69) is 63.9 Å². The van der Waals surface area contributed by atoms with Gasteiger partial charge in [0.1, 0.15) is 0 Å². The Balaban J connectivity index is 0.000000192. The number of aromatic nitrogens is 2. The minimum Gasteiger partial charge on any atom is -0.481 e. The van der Waals surface area contributed by atoms with Crippen molar-refractivity contribution in [2.75, 3.05) is 32.8 Å². The number of hydrogen-bond donors (Lipinski definition) is 1. The molecule has 4 aromatic carbocycles. The van der Waals surface area contributed by atoms with Crippen LogP contribution in [0.15, 0.2) is 129 Å². The number of carbonyl (C=O) groups is 4. The van der Waals surface area contributed by atoms with Crippen LogP contribution in [0, 0.1) is 11.8 Å². The van der Waals surface area contributed by atoms with E-state index >= 15 is 0 Å². The Bertz CT molecular complexity index is 2750. The van der Waals surface area contributed by atoms with Crippen molar-refractivity contribution in [2.24, 2.45) is 25.9 Å². The monoisotopic (exact) mass is 936 g/mol. The maximum absolute atomic E-state index is 12.6. The first-order valence-electron chi connectivity index (χ1n) is 21.2. The highest BCUT2D eigenvalue weighted by atomic mass is 35.5. The van der Waals surface area contributed by atoms with Crippen LogP contribution in [0.3, 0.4) is 0 Å². The highest BCUT2D eigenvalue weighted by Crippen LogP contribution is 2.37. The van der Waals surface area contributed by atoms with Crippen molar-refractivity contribution in [3.05, 3.63) is 131 Å². The van der Waals surface area contributed by atoms with Crippen LogP contribution >= 0.6 is 46.7 Å². The van der Waals surface area contributed by atoms with Crippen molar-refractivity contribution in [2.45, 2.75) is 52.2 Å². The summed E-state index contributed by atoms with van der Waals surface area (Å²) in [4.78, 5) is 55.8. The SMILES string of the molecule is CCOC(=O)C1CCCN(C(=O)C=Cc2ccc(Sc3ccc4c(ccn4C)c3)c(Cl)c2)C1.Cn1ccc2cc(Sc3ccc(C=CC(=O)N4CCCC(C(=O)O)C4)cc3Cl)ccc21. The van der Waals surface area contributed by atoms with Crippen LogP contribution in [0.1, 0.15) is 43.7 Å². The third-order valence-corrected chi connectivity index (χ3v) is 14.3. The molecule has 4 heterocycles. The molecule has 64 heavy (non-hydrogen) atoms. The first kappa shape index (κ1) is 46.6. The van der Waals surface area contributed by atoms with Gasteiger partial charge in [-0.05, 0) is 129 Å². The van der Waals surface area contributed by atoms with Gasteiger partial charge in [0, 0.05) is 106 Å². The molecular formula is C50H50Cl2N4O6S2. The molecule has 2 aliphatic rings. The van der Waals surface area contributed by atoms with Gasteiger partial charge in [0.15, 0.2) is 0 Å². The number of piperidine rings is 2. The fraction of sp³-hybridized carbons (Fsp3) is 0.280. The van der Waals surface area contributed by atoms with Crippen molar-refractivity contribution in [1.82, 2.24) is 18.9 Å². The largest absolute Gasteiger partial charge is 0.481 e. The first-order chi connectivity index (χ1) is 30.8. The lowest BCUT2D eigenvalue weighted by Crippen LogP contribution is -2.42. The molecule has 2 fully saturated rings. The van der Waals surface area contributed by atoms with E-state index in [0.717, 1.165) is 43.6 Å². The zero-order valence-electron chi connectivity index (χ0n) is 35.9. The predicted molar refractivity (Wildman–Crippen MR) is 258 cm³/mol. The number of rotatable bonds is 11. The number of amides is 2. The minimum atomic E-state index is -0.840. The number of nitrogens with zero attached hydrogens (tertiary/aromatic N) is 4. The van der Waals surface area contributed by atoms with Crippen LogP contribution in [-0.2, 0) is 38.0 Å². The fourth-order valence-corrected chi connectivity index (χ4v) is 10.2. The molecule has 0 radical (unpaired) electrons. The number of likely N-dealkylation sites (tertiary alicyclic amines) is 2. The molecule has 2 unspecified atom stereocenters. The summed E-state index contributed by atoms with van der Waals surface area (Å²) >= 11 is 16.3. The third-order valence-electron chi connectivity index (χ3n) is 11.4. The van der Waals surface area contributed by atoms with Gasteiger partial charge >= 0.3 is 11.9 Å². The first-order valence-corrected chi connectivity index (χ1v) is 23.6. The molecule has 1 N–H and O–H groups in total. The number of aryl methyl sites for hydroxylation is 2. The second-order valence-electron chi connectivity index (χ2n) is 15.9. The molecule has 0 spiro atoms. The molecule has 0 bridgehead atoms. The second-order valence-corrected chi connectivity index (χ2v) is 18.9. The summed E-state index contributed by atoms with van der Waals surface area (Å²) in [5, 5.41) is 12.8. The number of ether oxygens (including phenoxy) is 1. The average molecular weight is 938 g/mol. The zero-order chi connectivity index (χ0) is 45.3. The van der Waals surface area contributed by atoms with Crippen molar-refractivity contribution in [1.29, 1.82) is 0 Å². The fourth-order valence-electron chi connectivity index (χ4n) is 7.86. The maximum atomic E-state index is 12.6. The molecule has 10 nitrogen and oxygen atoms in total. The normalized spacial score (nSPS) is 16.6. The summed E-state index contributed by atoms with van der Waals surface area (Å²) in [6.07, 6.45) is 13.5. The van der Waals surface area contributed by atoms with Gasteiger partial charge in [-0.1, -0.05) is 58.9 Å². The Morgan fingerprint density at radius 2 is 1.14 bits per heavy atom. The number of hydrogen-bond acceptors (Lipinski definition) is 7. The predicted octanol–water partition coefficient (Wildman–Crippen LogP) is 11.1. The number of halogens is 2. The summed E-state index contributed by atoms with van der Waals surface area (Å²) < 4.78 is 9.30. The highest BCUT2D eigenvalue weighted by molar-refractivity contribution is 7.99. The maximum Gasteiger partial charge on any atom is 0.310 e. The van der Waals surface area contributed by atoms with Crippen LogP contribution in [0.25, 0.3) is 34.0 Å². The number of carboxylic acid groups (broad SMARTS) is 1. The van der Waals surface area contributed by atoms with Crippen molar-refractivity contribution in [3.8, 4) is 0 Å². The molecule has 332 valence electrons. The van der Waals surface area contributed by atoms with Gasteiger partial charge < -0.3 is 28.8 Å². The minimum absolute atomic E-state index is 0.102. The number of carboxylic acids is 1. The van der Waals surface area contributed by atoms with E-state index in [1.807, 2.05) is 56.7 Å². The average Bonchev–Trinajstić information content (AvgIpc) is 3.86. The molecule has 2 atom stereocenters. The molecule has 6 aromatic rings. The molecule has 2 aromatic heterocycles. The molecule has 0 aliphatic carbocycles. The molecule has 14 heteroatoms. The Morgan fingerprint density at radius 1 is 0.672 bits per heavy atom. The smallest absolute Gasteiger partial charge is 0.310 e. The van der Waals surface area contributed by atoms with Gasteiger partial charge in [0.25, 0.3) is 0 Å². The molecule has 8 rings (SSSR count). The van der Waals surface area contributed by atoms with Crippen molar-refractivity contribution >= 4 is 104 Å². The number of esters is 1. The van der Waals surface area contributed by atoms with Crippen LogP contribution in [0.4, 0.5) is 0 Å². The molecule has 2 saturated heterocycles. The Hall–Kier alpha value is -5.40. The standard InChI is InChI=1S/C26H27ClN2O3S.C24H23ClN2O3S/c1-3-32-26(31)20-5-4-13-29(17-20)25(30)11-7-18-6-10-24(22(27)15-18)33-21-8-9-23-19(16-21)12-14-28(23)2;1-26-12-10-17-14-19(6-7-21(17)26)31-22-8-4-16(13-20(22)25)5-9-23(28)27-11-2-3-18(15-27)24(29)30/h6-12,14-16,20H,3-5,13,17H2,1-2H3;4-10,12-14,18H,2-3,11,15H2,1H3,(H,29,30). The van der Waals surface area contributed by atoms with Crippen molar-refractivity contribution < 1.29 is 29.0 Å². The summed E-state index contributed by atoms with van der Waals surface area (Å²) in [5.74, 6) is -2.05. The van der Waals surface area contributed by atoms with E-state index in [-0.39, 0.29) is 30.2 Å². The highest BCUT2D eigenvalue weighted by Gasteiger charge is 2.29. The van der Waals surface area contributed by atoms with Gasteiger partial charge in [0.05, 0.1) is 28.5 Å². The van der Waals surface area contributed by atoms with Crippen molar-refractivity contribution in [3.63, 3.8) is 0 Å². The van der Waals surface area contributed by atoms with E-state index in [9.17, 15) is 24.3 Å². The lowest BCUT2D eigenvalue weighted by atomic mass is 9.98. The van der Waals surface area contributed by atoms with Gasteiger partial charge in [-0.25, -0.2) is 0 Å².